The second kappa shape index (κ2) is 10.4. The smallest absolute Gasteiger partial charge is 0.261 e. The van der Waals surface area contributed by atoms with Crippen LogP contribution in [0.3, 0.4) is 0 Å². The fourth-order valence-electron chi connectivity index (χ4n) is 3.14. The molecular weight excluding hydrogens is 452 g/mol. The average molecular weight is 475 g/mol. The van der Waals surface area contributed by atoms with E-state index in [9.17, 15) is 8.42 Å². The lowest BCUT2D eigenvalue weighted by molar-refractivity contribution is 0.601. The molecule has 0 amide bonds. The van der Waals surface area contributed by atoms with Crippen LogP contribution in [0.15, 0.2) is 64.2 Å². The van der Waals surface area contributed by atoms with Gasteiger partial charge < -0.3 is 9.88 Å². The number of aromatic amines is 1. The van der Waals surface area contributed by atoms with Gasteiger partial charge in [-0.1, -0.05) is 24.8 Å². The summed E-state index contributed by atoms with van der Waals surface area (Å²) in [5.41, 5.74) is 1.92. The summed E-state index contributed by atoms with van der Waals surface area (Å²) in [4.78, 5) is 8.63. The number of benzene rings is 2. The Morgan fingerprint density at radius 3 is 2.38 bits per heavy atom. The molecule has 0 bridgehead atoms. The summed E-state index contributed by atoms with van der Waals surface area (Å²) in [6.45, 7) is 9.13. The van der Waals surface area contributed by atoms with E-state index in [1.807, 2.05) is 26.0 Å². The molecule has 0 unspecified atom stereocenters. The van der Waals surface area contributed by atoms with Gasteiger partial charge >= 0.3 is 0 Å². The first-order chi connectivity index (χ1) is 16.3. The molecule has 0 atom stereocenters. The van der Waals surface area contributed by atoms with Crippen molar-refractivity contribution in [1.29, 1.82) is 10.5 Å². The van der Waals surface area contributed by atoms with E-state index < -0.39 is 10.0 Å². The highest BCUT2D eigenvalue weighted by atomic mass is 32.2. The van der Waals surface area contributed by atoms with E-state index in [1.165, 1.54) is 12.1 Å². The van der Waals surface area contributed by atoms with Crippen LogP contribution >= 0.6 is 0 Å². The molecule has 34 heavy (non-hydrogen) atoms. The molecule has 3 aromatic rings. The fraction of sp³-hybridized carbons (Fsp3) is 0.174. The lowest BCUT2D eigenvalue weighted by Crippen LogP contribution is -2.22. The topological polar surface area (TPSA) is 150 Å². The van der Waals surface area contributed by atoms with Crippen molar-refractivity contribution in [2.75, 3.05) is 22.7 Å². The van der Waals surface area contributed by atoms with Crippen LogP contribution in [0.2, 0.25) is 0 Å². The molecule has 0 fully saturated rings. The molecule has 0 aliphatic heterocycles. The van der Waals surface area contributed by atoms with Gasteiger partial charge in [-0.15, -0.1) is 10.2 Å². The number of nitriles is 2. The molecule has 172 valence electrons. The maximum atomic E-state index is 13.1. The second-order valence-electron chi connectivity index (χ2n) is 6.96. The van der Waals surface area contributed by atoms with Gasteiger partial charge in [0, 0.05) is 18.8 Å². The molecule has 1 aromatic heterocycles. The number of nitrogens with zero attached hydrogens (tertiary/aromatic N) is 6. The minimum absolute atomic E-state index is 0.0303. The van der Waals surface area contributed by atoms with E-state index in [1.54, 1.807) is 36.4 Å². The minimum Gasteiger partial charge on any atom is -0.372 e. The van der Waals surface area contributed by atoms with Crippen molar-refractivity contribution >= 4 is 39.1 Å². The highest BCUT2D eigenvalue weighted by Crippen LogP contribution is 2.33. The Kier molecular flexibility index (Phi) is 7.41. The molecule has 2 aromatic carbocycles. The van der Waals surface area contributed by atoms with Crippen molar-refractivity contribution < 1.29 is 8.42 Å². The highest BCUT2D eigenvalue weighted by molar-refractivity contribution is 7.92. The van der Waals surface area contributed by atoms with Crippen molar-refractivity contribution in [2.45, 2.75) is 18.7 Å². The summed E-state index contributed by atoms with van der Waals surface area (Å²) in [6, 6.07) is 15.0. The summed E-state index contributed by atoms with van der Waals surface area (Å²) in [6.07, 6.45) is 1.62. The maximum absolute atomic E-state index is 13.1. The summed E-state index contributed by atoms with van der Waals surface area (Å²) in [5, 5.41) is 26.2. The third kappa shape index (κ3) is 5.28. The third-order valence-electron chi connectivity index (χ3n) is 4.94. The van der Waals surface area contributed by atoms with E-state index in [-0.39, 0.29) is 33.6 Å². The van der Waals surface area contributed by atoms with Gasteiger partial charge in [0.15, 0.2) is 11.4 Å². The van der Waals surface area contributed by atoms with Crippen molar-refractivity contribution in [3.8, 4) is 12.1 Å². The van der Waals surface area contributed by atoms with E-state index >= 15 is 0 Å². The molecule has 2 N–H and O–H groups in total. The van der Waals surface area contributed by atoms with Gasteiger partial charge in [0.25, 0.3) is 10.0 Å². The average Bonchev–Trinajstić information content (AvgIpc) is 3.26. The molecule has 10 nitrogen and oxygen atoms in total. The van der Waals surface area contributed by atoms with Gasteiger partial charge in [0.1, 0.15) is 17.8 Å². The minimum atomic E-state index is -3.92. The van der Waals surface area contributed by atoms with Crippen LogP contribution < -0.4 is 9.62 Å². The second-order valence-corrected chi connectivity index (χ2v) is 8.64. The van der Waals surface area contributed by atoms with E-state index in [4.69, 9.17) is 10.5 Å². The van der Waals surface area contributed by atoms with Gasteiger partial charge in [-0.2, -0.15) is 15.5 Å². The van der Waals surface area contributed by atoms with Crippen LogP contribution in [0.25, 0.3) is 6.08 Å². The number of nitrogens with one attached hydrogen (secondary N) is 2. The Hall–Kier alpha value is -4.48. The standard InChI is InChI=1S/C23H22N8O2S/c1-4-16-7-10-18(11-8-16)34(32,33)30-20-13-17(31(5-2)6-3)9-12-19(20)28-29-23-26-21(14-24)22(15-25)27-23/h4,7-13,30H,1,5-6H2,2-3H3,(H,26,27)/b29-28+. The van der Waals surface area contributed by atoms with Crippen LogP contribution in [0.5, 0.6) is 0 Å². The van der Waals surface area contributed by atoms with Crippen molar-refractivity contribution in [2.24, 2.45) is 10.2 Å². The maximum Gasteiger partial charge on any atom is 0.261 e. The number of imidazole rings is 1. The van der Waals surface area contributed by atoms with Gasteiger partial charge in [0.05, 0.1) is 10.6 Å². The molecule has 0 aliphatic carbocycles. The van der Waals surface area contributed by atoms with E-state index in [0.717, 1.165) is 24.3 Å². The lowest BCUT2D eigenvalue weighted by atomic mass is 10.2. The Morgan fingerprint density at radius 1 is 1.12 bits per heavy atom. The van der Waals surface area contributed by atoms with Crippen molar-refractivity contribution in [1.82, 2.24) is 9.97 Å². The predicted octanol–water partition coefficient (Wildman–Crippen LogP) is 4.86. The Labute approximate surface area is 198 Å². The number of sulfonamides is 1. The largest absolute Gasteiger partial charge is 0.372 e. The molecule has 0 spiro atoms. The summed E-state index contributed by atoms with van der Waals surface area (Å²) < 4.78 is 28.7. The molecule has 0 saturated carbocycles. The zero-order valence-electron chi connectivity index (χ0n) is 18.6. The first kappa shape index (κ1) is 24.2. The number of hydrogen-bond donors (Lipinski definition) is 2. The van der Waals surface area contributed by atoms with E-state index in [0.29, 0.717) is 0 Å². The van der Waals surface area contributed by atoms with Crippen LogP contribution in [0.4, 0.5) is 23.0 Å². The van der Waals surface area contributed by atoms with Crippen molar-refractivity contribution in [3.63, 3.8) is 0 Å². The summed E-state index contributed by atoms with van der Waals surface area (Å²) in [7, 11) is -3.92. The number of aromatic nitrogens is 2. The lowest BCUT2D eigenvalue weighted by Gasteiger charge is -2.22. The van der Waals surface area contributed by atoms with Crippen molar-refractivity contribution in [3.05, 3.63) is 66.0 Å². The molecule has 3 rings (SSSR count). The highest BCUT2D eigenvalue weighted by Gasteiger charge is 2.18. The zero-order chi connectivity index (χ0) is 24.7. The van der Waals surface area contributed by atoms with Gasteiger partial charge in [-0.25, -0.2) is 8.42 Å². The molecule has 11 heteroatoms. The number of anilines is 2. The Bertz CT molecular complexity index is 1380. The van der Waals surface area contributed by atoms with Crippen LogP contribution in [-0.4, -0.2) is 31.5 Å². The fourth-order valence-corrected chi connectivity index (χ4v) is 4.20. The first-order valence-corrected chi connectivity index (χ1v) is 11.8. The van der Waals surface area contributed by atoms with Crippen LogP contribution in [-0.2, 0) is 10.0 Å². The normalized spacial score (nSPS) is 11.1. The monoisotopic (exact) mass is 474 g/mol. The Balaban J connectivity index is 2.02. The van der Waals surface area contributed by atoms with Gasteiger partial charge in [0.2, 0.25) is 5.95 Å². The zero-order valence-corrected chi connectivity index (χ0v) is 19.5. The molecular formula is C23H22N8O2S. The number of H-pyrrole nitrogens is 1. The number of rotatable bonds is 9. The molecule has 0 aliphatic rings. The molecule has 0 radical (unpaired) electrons. The predicted molar refractivity (Wildman–Crippen MR) is 130 cm³/mol. The number of azo groups is 1. The SMILES string of the molecule is C=Cc1ccc(S(=O)(=O)Nc2cc(N(CC)CC)ccc2/N=N/c2nc(C#N)c(C#N)[nH]2)cc1. The quantitative estimate of drug-likeness (QED) is 0.423. The van der Waals surface area contributed by atoms with Crippen LogP contribution in [0, 0.1) is 22.7 Å². The van der Waals surface area contributed by atoms with Crippen LogP contribution in [0.1, 0.15) is 30.8 Å². The van der Waals surface area contributed by atoms with E-state index in [2.05, 4.69) is 36.4 Å². The molecule has 1 heterocycles. The first-order valence-electron chi connectivity index (χ1n) is 10.3. The molecule has 0 saturated heterocycles. The summed E-state index contributed by atoms with van der Waals surface area (Å²) >= 11 is 0. The Morgan fingerprint density at radius 2 is 1.82 bits per heavy atom. The van der Waals surface area contributed by atoms with Gasteiger partial charge in [-0.3, -0.25) is 4.72 Å². The number of hydrogen-bond acceptors (Lipinski definition) is 8. The summed E-state index contributed by atoms with van der Waals surface area (Å²) in [5.74, 6) is -0.0465. The third-order valence-corrected chi connectivity index (χ3v) is 6.32. The van der Waals surface area contributed by atoms with Gasteiger partial charge in [-0.05, 0) is 49.7 Å².